The molecule has 5 nitrogen and oxygen atoms in total. The summed E-state index contributed by atoms with van der Waals surface area (Å²) in [7, 11) is 0. The second kappa shape index (κ2) is 8.08. The molecular formula is C17H19ClFN3O2. The van der Waals surface area contributed by atoms with Crippen molar-refractivity contribution < 1.29 is 9.18 Å². The molecule has 7 heteroatoms. The molecule has 0 aliphatic carbocycles. The van der Waals surface area contributed by atoms with Crippen molar-refractivity contribution in [2.75, 3.05) is 19.6 Å². The van der Waals surface area contributed by atoms with Gasteiger partial charge < -0.3 is 14.8 Å². The molecule has 1 aliphatic heterocycles. The predicted molar refractivity (Wildman–Crippen MR) is 91.7 cm³/mol. The third-order valence-electron chi connectivity index (χ3n) is 4.00. The molecule has 1 atom stereocenters. The smallest absolute Gasteiger partial charge is 0.250 e. The minimum Gasteiger partial charge on any atom is -0.332 e. The molecule has 1 fully saturated rings. The number of pyridine rings is 1. The Labute approximate surface area is 145 Å². The van der Waals surface area contributed by atoms with Gasteiger partial charge in [-0.1, -0.05) is 18.2 Å². The van der Waals surface area contributed by atoms with Crippen molar-refractivity contribution >= 4 is 18.3 Å². The summed E-state index contributed by atoms with van der Waals surface area (Å²) in [6, 6.07) is 10.8. The van der Waals surface area contributed by atoms with Crippen LogP contribution >= 0.6 is 12.4 Å². The van der Waals surface area contributed by atoms with Crippen LogP contribution in [0, 0.1) is 5.82 Å². The number of hydrogen-bond donors (Lipinski definition) is 1. The molecule has 1 aromatic heterocycles. The highest BCUT2D eigenvalue weighted by Gasteiger charge is 2.28. The Bertz CT molecular complexity index is 765. The number of amides is 1. The molecule has 1 aliphatic rings. The summed E-state index contributed by atoms with van der Waals surface area (Å²) in [6.45, 7) is 1.77. The highest BCUT2D eigenvalue weighted by atomic mass is 35.5. The summed E-state index contributed by atoms with van der Waals surface area (Å²) in [6.07, 6.45) is 1.60. The van der Waals surface area contributed by atoms with Crippen LogP contribution in [0.5, 0.6) is 0 Å². The van der Waals surface area contributed by atoms with E-state index in [1.54, 1.807) is 29.3 Å². The molecule has 1 N–H and O–H groups in total. The van der Waals surface area contributed by atoms with Gasteiger partial charge in [-0.15, -0.1) is 12.4 Å². The second-order valence-corrected chi connectivity index (χ2v) is 5.53. The standard InChI is InChI=1S/C17H18FN3O2.ClH/c18-14-5-3-4-13(10-14)15-11-19-7-9-21(15)17(23)12-20-8-2-1-6-16(20)22;/h1-6,8,10,15,19H,7,9,11-12H2;1H. The molecule has 1 unspecified atom stereocenters. The monoisotopic (exact) mass is 351 g/mol. The van der Waals surface area contributed by atoms with Crippen molar-refractivity contribution in [3.8, 4) is 0 Å². The number of carbonyl (C=O) groups excluding carboxylic acids is 1. The van der Waals surface area contributed by atoms with Crippen molar-refractivity contribution in [2.45, 2.75) is 12.6 Å². The molecule has 1 saturated heterocycles. The normalized spacial score (nSPS) is 17.2. The van der Waals surface area contributed by atoms with E-state index in [4.69, 9.17) is 0 Å². The first-order valence-electron chi connectivity index (χ1n) is 7.56. The van der Waals surface area contributed by atoms with E-state index in [0.717, 1.165) is 5.56 Å². The summed E-state index contributed by atoms with van der Waals surface area (Å²) in [5.41, 5.74) is 0.546. The van der Waals surface area contributed by atoms with E-state index in [1.165, 1.54) is 22.8 Å². The van der Waals surface area contributed by atoms with Gasteiger partial charge in [0.2, 0.25) is 5.91 Å². The Balaban J connectivity index is 0.00000208. The van der Waals surface area contributed by atoms with E-state index in [0.29, 0.717) is 19.6 Å². The summed E-state index contributed by atoms with van der Waals surface area (Å²) < 4.78 is 14.9. The highest BCUT2D eigenvalue weighted by molar-refractivity contribution is 5.85. The molecule has 0 radical (unpaired) electrons. The molecule has 0 spiro atoms. The third kappa shape index (κ3) is 4.01. The van der Waals surface area contributed by atoms with Crippen LogP contribution in [0.2, 0.25) is 0 Å². The molecule has 3 rings (SSSR count). The summed E-state index contributed by atoms with van der Waals surface area (Å²) in [5.74, 6) is -0.464. The van der Waals surface area contributed by atoms with E-state index in [1.807, 2.05) is 6.07 Å². The number of rotatable bonds is 3. The quantitative estimate of drug-likeness (QED) is 0.913. The van der Waals surface area contributed by atoms with Gasteiger partial charge in [-0.05, 0) is 23.8 Å². The lowest BCUT2D eigenvalue weighted by Crippen LogP contribution is -2.50. The van der Waals surface area contributed by atoms with Crippen molar-refractivity contribution in [3.63, 3.8) is 0 Å². The zero-order valence-electron chi connectivity index (χ0n) is 13.0. The van der Waals surface area contributed by atoms with Crippen LogP contribution in [0.4, 0.5) is 4.39 Å². The van der Waals surface area contributed by atoms with E-state index in [9.17, 15) is 14.0 Å². The number of carbonyl (C=O) groups is 1. The minimum absolute atomic E-state index is 0. The van der Waals surface area contributed by atoms with Crippen LogP contribution < -0.4 is 10.9 Å². The molecule has 24 heavy (non-hydrogen) atoms. The Morgan fingerprint density at radius 1 is 1.25 bits per heavy atom. The fourth-order valence-corrected chi connectivity index (χ4v) is 2.84. The first-order chi connectivity index (χ1) is 11.1. The molecule has 0 bridgehead atoms. The summed E-state index contributed by atoms with van der Waals surface area (Å²) in [4.78, 5) is 26.1. The van der Waals surface area contributed by atoms with Crippen molar-refractivity contribution in [1.29, 1.82) is 0 Å². The maximum atomic E-state index is 13.5. The summed E-state index contributed by atoms with van der Waals surface area (Å²) in [5, 5.41) is 3.23. The first-order valence-corrected chi connectivity index (χ1v) is 7.56. The lowest BCUT2D eigenvalue weighted by molar-refractivity contribution is -0.135. The van der Waals surface area contributed by atoms with Gasteiger partial charge in [-0.3, -0.25) is 9.59 Å². The summed E-state index contributed by atoms with van der Waals surface area (Å²) >= 11 is 0. The molecule has 2 aromatic rings. The molecule has 128 valence electrons. The third-order valence-corrected chi connectivity index (χ3v) is 4.00. The van der Waals surface area contributed by atoms with Gasteiger partial charge in [0.05, 0.1) is 6.04 Å². The molecule has 2 heterocycles. The van der Waals surface area contributed by atoms with Crippen LogP contribution in [0.1, 0.15) is 11.6 Å². The zero-order chi connectivity index (χ0) is 16.2. The number of halogens is 2. The maximum Gasteiger partial charge on any atom is 0.250 e. The van der Waals surface area contributed by atoms with Crippen LogP contribution in [0.25, 0.3) is 0 Å². The Morgan fingerprint density at radius 3 is 2.83 bits per heavy atom. The van der Waals surface area contributed by atoms with Crippen molar-refractivity contribution in [2.24, 2.45) is 0 Å². The highest BCUT2D eigenvalue weighted by Crippen LogP contribution is 2.23. The van der Waals surface area contributed by atoms with E-state index < -0.39 is 0 Å². The predicted octanol–water partition coefficient (Wildman–Crippen LogP) is 1.58. The lowest BCUT2D eigenvalue weighted by atomic mass is 10.0. The minimum atomic E-state index is -0.320. The molecular weight excluding hydrogens is 333 g/mol. The first kappa shape index (κ1) is 18.2. The van der Waals surface area contributed by atoms with Gasteiger partial charge in [0.15, 0.2) is 0 Å². The number of aromatic nitrogens is 1. The van der Waals surface area contributed by atoms with Gasteiger partial charge >= 0.3 is 0 Å². The Kier molecular flexibility index (Phi) is 6.11. The number of nitrogens with zero attached hydrogens (tertiary/aromatic N) is 2. The van der Waals surface area contributed by atoms with Crippen molar-refractivity contribution in [1.82, 2.24) is 14.8 Å². The van der Waals surface area contributed by atoms with Crippen LogP contribution in [-0.4, -0.2) is 35.0 Å². The Hall–Kier alpha value is -2.18. The number of hydrogen-bond acceptors (Lipinski definition) is 3. The SMILES string of the molecule is Cl.O=C(Cn1ccccc1=O)N1CCNCC1c1cccc(F)c1. The maximum absolute atomic E-state index is 13.5. The lowest BCUT2D eigenvalue weighted by Gasteiger charge is -2.36. The Morgan fingerprint density at radius 2 is 2.08 bits per heavy atom. The fraction of sp³-hybridized carbons (Fsp3) is 0.294. The number of benzene rings is 1. The molecule has 1 aromatic carbocycles. The van der Waals surface area contributed by atoms with Gasteiger partial charge in [0, 0.05) is 31.9 Å². The number of piperazine rings is 1. The average molecular weight is 352 g/mol. The van der Waals surface area contributed by atoms with E-state index in [-0.39, 0.29) is 42.3 Å². The average Bonchev–Trinajstić information content (AvgIpc) is 2.57. The molecule has 1 amide bonds. The van der Waals surface area contributed by atoms with Gasteiger partial charge in [0.1, 0.15) is 12.4 Å². The van der Waals surface area contributed by atoms with Crippen LogP contribution in [0.3, 0.4) is 0 Å². The van der Waals surface area contributed by atoms with Gasteiger partial charge in [-0.25, -0.2) is 4.39 Å². The largest absolute Gasteiger partial charge is 0.332 e. The topological polar surface area (TPSA) is 54.3 Å². The van der Waals surface area contributed by atoms with Crippen molar-refractivity contribution in [3.05, 3.63) is 70.4 Å². The van der Waals surface area contributed by atoms with Gasteiger partial charge in [-0.2, -0.15) is 0 Å². The second-order valence-electron chi connectivity index (χ2n) is 5.53. The van der Waals surface area contributed by atoms with Gasteiger partial charge in [0.25, 0.3) is 5.56 Å². The number of nitrogens with one attached hydrogen (secondary N) is 1. The molecule has 0 saturated carbocycles. The fourth-order valence-electron chi connectivity index (χ4n) is 2.84. The van der Waals surface area contributed by atoms with E-state index >= 15 is 0 Å². The van der Waals surface area contributed by atoms with Crippen LogP contribution in [0.15, 0.2) is 53.5 Å². The zero-order valence-corrected chi connectivity index (χ0v) is 13.8. The van der Waals surface area contributed by atoms with Crippen LogP contribution in [-0.2, 0) is 11.3 Å². The van der Waals surface area contributed by atoms with E-state index in [2.05, 4.69) is 5.32 Å².